The van der Waals surface area contributed by atoms with Gasteiger partial charge in [-0.25, -0.2) is 14.6 Å². The Hall–Kier alpha value is -1.72. The molecule has 0 bridgehead atoms. The van der Waals surface area contributed by atoms with Gasteiger partial charge in [-0.1, -0.05) is 18.1 Å². The Labute approximate surface area is 99.4 Å². The van der Waals surface area contributed by atoms with Crippen LogP contribution < -0.4 is 5.32 Å². The first kappa shape index (κ1) is 10.4. The van der Waals surface area contributed by atoms with Gasteiger partial charge in [-0.15, -0.1) is 5.10 Å². The molecule has 1 saturated carbocycles. The van der Waals surface area contributed by atoms with E-state index in [2.05, 4.69) is 25.6 Å². The van der Waals surface area contributed by atoms with Crippen LogP contribution in [0.2, 0.25) is 0 Å². The van der Waals surface area contributed by atoms with Crippen LogP contribution >= 0.6 is 0 Å². The van der Waals surface area contributed by atoms with Crippen LogP contribution in [0.15, 0.2) is 6.33 Å². The number of nitrogens with zero attached hydrogens (tertiary/aromatic N) is 5. The summed E-state index contributed by atoms with van der Waals surface area (Å²) in [6.07, 6.45) is 5.48. The van der Waals surface area contributed by atoms with Crippen molar-refractivity contribution in [3.8, 4) is 0 Å². The first-order valence-corrected chi connectivity index (χ1v) is 6.16. The molecule has 2 aromatic heterocycles. The molecule has 6 heteroatoms. The van der Waals surface area contributed by atoms with Gasteiger partial charge in [0.25, 0.3) is 0 Å². The van der Waals surface area contributed by atoms with Crippen molar-refractivity contribution in [1.82, 2.24) is 25.0 Å². The SMILES string of the molecule is CCNc1ncnc2c1nnn2CCC1CC1. The molecule has 0 amide bonds. The number of rotatable bonds is 5. The minimum atomic E-state index is 0.769. The van der Waals surface area contributed by atoms with Gasteiger partial charge in [0, 0.05) is 13.1 Å². The second kappa shape index (κ2) is 4.27. The molecular weight excluding hydrogens is 216 g/mol. The van der Waals surface area contributed by atoms with Gasteiger partial charge in [-0.05, 0) is 19.3 Å². The lowest BCUT2D eigenvalue weighted by Gasteiger charge is -2.02. The van der Waals surface area contributed by atoms with E-state index in [1.165, 1.54) is 19.3 Å². The third-order valence-corrected chi connectivity index (χ3v) is 3.09. The van der Waals surface area contributed by atoms with Crippen LogP contribution in [0.1, 0.15) is 26.2 Å². The second-order valence-electron chi connectivity index (χ2n) is 4.47. The van der Waals surface area contributed by atoms with Crippen LogP contribution in [0.3, 0.4) is 0 Å². The monoisotopic (exact) mass is 232 g/mol. The van der Waals surface area contributed by atoms with Crippen LogP contribution in [0.25, 0.3) is 11.2 Å². The summed E-state index contributed by atoms with van der Waals surface area (Å²) >= 11 is 0. The molecule has 17 heavy (non-hydrogen) atoms. The molecule has 90 valence electrons. The van der Waals surface area contributed by atoms with Gasteiger partial charge < -0.3 is 5.32 Å². The van der Waals surface area contributed by atoms with E-state index in [-0.39, 0.29) is 0 Å². The molecule has 0 spiro atoms. The molecular formula is C11H16N6. The molecule has 0 aliphatic heterocycles. The van der Waals surface area contributed by atoms with Gasteiger partial charge in [0.05, 0.1) is 0 Å². The van der Waals surface area contributed by atoms with Crippen LogP contribution in [0.5, 0.6) is 0 Å². The number of hydrogen-bond donors (Lipinski definition) is 1. The number of aryl methyl sites for hydroxylation is 1. The van der Waals surface area contributed by atoms with Crippen molar-refractivity contribution in [2.75, 3.05) is 11.9 Å². The molecule has 1 aliphatic carbocycles. The van der Waals surface area contributed by atoms with Gasteiger partial charge in [0.15, 0.2) is 17.0 Å². The predicted octanol–water partition coefficient (Wildman–Crippen LogP) is 1.45. The molecule has 1 N–H and O–H groups in total. The minimum absolute atomic E-state index is 0.769. The third kappa shape index (κ3) is 2.07. The Balaban J connectivity index is 1.88. The highest BCUT2D eigenvalue weighted by Crippen LogP contribution is 2.32. The Morgan fingerprint density at radius 2 is 2.29 bits per heavy atom. The average molecular weight is 232 g/mol. The maximum atomic E-state index is 4.27. The maximum Gasteiger partial charge on any atom is 0.183 e. The van der Waals surface area contributed by atoms with E-state index >= 15 is 0 Å². The maximum absolute atomic E-state index is 4.27. The van der Waals surface area contributed by atoms with Gasteiger partial charge >= 0.3 is 0 Å². The topological polar surface area (TPSA) is 68.5 Å². The molecule has 0 saturated heterocycles. The van der Waals surface area contributed by atoms with E-state index < -0.39 is 0 Å². The van der Waals surface area contributed by atoms with E-state index in [1.807, 2.05) is 11.6 Å². The lowest BCUT2D eigenvalue weighted by atomic mass is 10.3. The predicted molar refractivity (Wildman–Crippen MR) is 64.6 cm³/mol. The Kier molecular flexibility index (Phi) is 2.62. The molecule has 0 atom stereocenters. The normalized spacial score (nSPS) is 15.4. The zero-order chi connectivity index (χ0) is 11.7. The number of aromatic nitrogens is 5. The second-order valence-corrected chi connectivity index (χ2v) is 4.47. The number of hydrogen-bond acceptors (Lipinski definition) is 5. The molecule has 1 aliphatic rings. The van der Waals surface area contributed by atoms with Crippen molar-refractivity contribution in [3.63, 3.8) is 0 Å². The van der Waals surface area contributed by atoms with E-state index in [4.69, 9.17) is 0 Å². The highest BCUT2D eigenvalue weighted by molar-refractivity contribution is 5.81. The number of fused-ring (bicyclic) bond motifs is 1. The first-order chi connectivity index (χ1) is 8.38. The Bertz CT molecular complexity index is 516. The summed E-state index contributed by atoms with van der Waals surface area (Å²) in [5.74, 6) is 1.67. The summed E-state index contributed by atoms with van der Waals surface area (Å²) in [4.78, 5) is 8.45. The highest BCUT2D eigenvalue weighted by atomic mass is 15.4. The summed E-state index contributed by atoms with van der Waals surface area (Å²) < 4.78 is 1.89. The molecule has 2 aromatic rings. The summed E-state index contributed by atoms with van der Waals surface area (Å²) in [5, 5.41) is 11.5. The van der Waals surface area contributed by atoms with Crippen LogP contribution in [0.4, 0.5) is 5.82 Å². The van der Waals surface area contributed by atoms with Crippen molar-refractivity contribution in [2.24, 2.45) is 5.92 Å². The van der Waals surface area contributed by atoms with Crippen molar-refractivity contribution < 1.29 is 0 Å². The Morgan fingerprint density at radius 3 is 3.06 bits per heavy atom. The van der Waals surface area contributed by atoms with Crippen molar-refractivity contribution in [3.05, 3.63) is 6.33 Å². The molecule has 3 rings (SSSR count). The van der Waals surface area contributed by atoms with Crippen molar-refractivity contribution >= 4 is 17.0 Å². The van der Waals surface area contributed by atoms with E-state index in [0.717, 1.165) is 36.0 Å². The summed E-state index contributed by atoms with van der Waals surface area (Å²) in [6, 6.07) is 0. The van der Waals surface area contributed by atoms with Crippen molar-refractivity contribution in [2.45, 2.75) is 32.7 Å². The highest BCUT2D eigenvalue weighted by Gasteiger charge is 2.21. The first-order valence-electron chi connectivity index (χ1n) is 6.16. The summed E-state index contributed by atoms with van der Waals surface area (Å²) in [6.45, 7) is 3.76. The fourth-order valence-electron chi connectivity index (χ4n) is 1.95. The van der Waals surface area contributed by atoms with Crippen LogP contribution in [-0.4, -0.2) is 31.5 Å². The van der Waals surface area contributed by atoms with E-state index in [1.54, 1.807) is 6.33 Å². The molecule has 0 aromatic carbocycles. The zero-order valence-corrected chi connectivity index (χ0v) is 9.93. The van der Waals surface area contributed by atoms with Gasteiger partial charge in [-0.2, -0.15) is 0 Å². The standard InChI is InChI=1S/C11H16N6/c1-2-12-10-9-11(14-7-13-10)17(16-15-9)6-5-8-3-4-8/h7-8H,2-6H2,1H3,(H,12,13,14). The number of anilines is 1. The third-order valence-electron chi connectivity index (χ3n) is 3.09. The van der Waals surface area contributed by atoms with Crippen molar-refractivity contribution in [1.29, 1.82) is 0 Å². The summed E-state index contributed by atoms with van der Waals surface area (Å²) in [7, 11) is 0. The largest absolute Gasteiger partial charge is 0.368 e. The number of nitrogens with one attached hydrogen (secondary N) is 1. The smallest absolute Gasteiger partial charge is 0.183 e. The molecule has 6 nitrogen and oxygen atoms in total. The fraction of sp³-hybridized carbons (Fsp3) is 0.636. The molecule has 0 unspecified atom stereocenters. The quantitative estimate of drug-likeness (QED) is 0.845. The van der Waals surface area contributed by atoms with Crippen LogP contribution in [0, 0.1) is 5.92 Å². The summed E-state index contributed by atoms with van der Waals surface area (Å²) in [5.41, 5.74) is 1.60. The lowest BCUT2D eigenvalue weighted by molar-refractivity contribution is 0.541. The molecule has 0 radical (unpaired) electrons. The van der Waals surface area contributed by atoms with Crippen LogP contribution in [-0.2, 0) is 6.54 Å². The van der Waals surface area contributed by atoms with E-state index in [9.17, 15) is 0 Å². The molecule has 2 heterocycles. The Morgan fingerprint density at radius 1 is 1.41 bits per heavy atom. The van der Waals surface area contributed by atoms with E-state index in [0.29, 0.717) is 0 Å². The van der Waals surface area contributed by atoms with Gasteiger partial charge in [-0.3, -0.25) is 0 Å². The lowest BCUT2D eigenvalue weighted by Crippen LogP contribution is -2.03. The van der Waals surface area contributed by atoms with Gasteiger partial charge in [0.1, 0.15) is 6.33 Å². The minimum Gasteiger partial charge on any atom is -0.368 e. The molecule has 1 fully saturated rings. The van der Waals surface area contributed by atoms with Gasteiger partial charge in [0.2, 0.25) is 0 Å². The average Bonchev–Trinajstić information content (AvgIpc) is 3.08. The fourth-order valence-corrected chi connectivity index (χ4v) is 1.95. The zero-order valence-electron chi connectivity index (χ0n) is 9.93.